The zero-order chi connectivity index (χ0) is 26.4. The van der Waals surface area contributed by atoms with Crippen LogP contribution in [0.15, 0.2) is 84.4 Å². The summed E-state index contributed by atoms with van der Waals surface area (Å²) < 4.78 is 3.87. The fraction of sp³-hybridized carbons (Fsp3) is 0.0938. The van der Waals surface area contributed by atoms with Gasteiger partial charge in [-0.05, 0) is 66.4 Å². The van der Waals surface area contributed by atoms with E-state index >= 15 is 0 Å². The van der Waals surface area contributed by atoms with Gasteiger partial charge in [-0.3, -0.25) is 14.2 Å². The third-order valence-corrected chi connectivity index (χ3v) is 7.17. The molecule has 38 heavy (non-hydrogen) atoms. The molecule has 0 fully saturated rings. The molecule has 0 radical (unpaired) electrons. The lowest BCUT2D eigenvalue weighted by Crippen LogP contribution is -2.03. The second-order valence-corrected chi connectivity index (χ2v) is 9.53. The zero-order valence-corrected chi connectivity index (χ0v) is 21.6. The van der Waals surface area contributed by atoms with Gasteiger partial charge >= 0.3 is 0 Å². The average molecular weight is 516 g/mol. The second-order valence-electron chi connectivity index (χ2n) is 9.12. The Morgan fingerprint density at radius 1 is 0.895 bits per heavy atom. The number of fused-ring (bicyclic) bond motifs is 2. The van der Waals surface area contributed by atoms with E-state index in [-0.39, 0.29) is 17.1 Å². The molecule has 0 bridgehead atoms. The van der Waals surface area contributed by atoms with E-state index in [1.807, 2.05) is 89.8 Å². The van der Waals surface area contributed by atoms with Crippen LogP contribution in [0.3, 0.4) is 0 Å². The summed E-state index contributed by atoms with van der Waals surface area (Å²) in [5.41, 5.74) is 5.69. The minimum absolute atomic E-state index is 0.119. The van der Waals surface area contributed by atoms with Crippen LogP contribution in [0.25, 0.3) is 22.9 Å². The molecular formula is C32H22ClN3O2. The molecule has 0 saturated carbocycles. The van der Waals surface area contributed by atoms with E-state index in [4.69, 9.17) is 16.6 Å². The molecule has 0 saturated heterocycles. The molecule has 2 aromatic heterocycles. The highest BCUT2D eigenvalue weighted by Crippen LogP contribution is 2.34. The number of benzene rings is 3. The number of para-hydroxylation sites is 1. The summed E-state index contributed by atoms with van der Waals surface area (Å²) in [6.45, 7) is 1.97. The quantitative estimate of drug-likeness (QED) is 0.158. The van der Waals surface area contributed by atoms with Crippen molar-refractivity contribution in [1.82, 2.24) is 14.1 Å². The number of aromatic nitrogens is 3. The molecule has 0 amide bonds. The van der Waals surface area contributed by atoms with E-state index in [0.29, 0.717) is 39.7 Å². The summed E-state index contributed by atoms with van der Waals surface area (Å²) in [6, 6.07) is 24.8. The monoisotopic (exact) mass is 515 g/mol. The molecule has 2 heterocycles. The predicted molar refractivity (Wildman–Crippen MR) is 150 cm³/mol. The van der Waals surface area contributed by atoms with Crippen LogP contribution in [-0.2, 0) is 13.5 Å². The number of ketones is 2. The van der Waals surface area contributed by atoms with Crippen LogP contribution in [0.5, 0.6) is 0 Å². The maximum atomic E-state index is 13.4. The molecule has 6 heteroatoms. The van der Waals surface area contributed by atoms with E-state index in [9.17, 15) is 9.59 Å². The van der Waals surface area contributed by atoms with Crippen LogP contribution >= 0.6 is 11.6 Å². The van der Waals surface area contributed by atoms with Gasteiger partial charge in [0.1, 0.15) is 0 Å². The third-order valence-electron chi connectivity index (χ3n) is 6.82. The Hall–Kier alpha value is -4.66. The van der Waals surface area contributed by atoms with Crippen molar-refractivity contribution in [2.75, 3.05) is 0 Å². The van der Waals surface area contributed by atoms with Crippen molar-refractivity contribution < 1.29 is 9.59 Å². The first kappa shape index (κ1) is 23.7. The molecule has 0 aliphatic heterocycles. The molecule has 5 aromatic rings. The first-order valence-electron chi connectivity index (χ1n) is 12.3. The van der Waals surface area contributed by atoms with Gasteiger partial charge in [0.25, 0.3) is 0 Å². The summed E-state index contributed by atoms with van der Waals surface area (Å²) in [5.74, 6) is 6.35. The molecule has 0 atom stereocenters. The maximum Gasteiger partial charge on any atom is 0.197 e. The van der Waals surface area contributed by atoms with Crippen LogP contribution in [0, 0.1) is 11.8 Å². The van der Waals surface area contributed by atoms with Crippen molar-refractivity contribution in [2.24, 2.45) is 7.05 Å². The van der Waals surface area contributed by atoms with E-state index in [1.165, 1.54) is 0 Å². The Morgan fingerprint density at radius 3 is 2.24 bits per heavy atom. The highest BCUT2D eigenvalue weighted by molar-refractivity contribution is 6.42. The van der Waals surface area contributed by atoms with Crippen molar-refractivity contribution in [3.05, 3.63) is 123 Å². The van der Waals surface area contributed by atoms with Gasteiger partial charge < -0.3 is 4.57 Å². The van der Waals surface area contributed by atoms with Gasteiger partial charge in [-0.1, -0.05) is 60.8 Å². The average Bonchev–Trinajstić information content (AvgIpc) is 3.52. The smallest absolute Gasteiger partial charge is 0.197 e. The van der Waals surface area contributed by atoms with Gasteiger partial charge in [-0.2, -0.15) is 0 Å². The lowest BCUT2D eigenvalue weighted by atomic mass is 10.0. The number of carbonyl (C=O) groups is 2. The minimum Gasteiger partial charge on any atom is -0.319 e. The number of halogens is 1. The van der Waals surface area contributed by atoms with E-state index in [1.54, 1.807) is 18.2 Å². The lowest BCUT2D eigenvalue weighted by Gasteiger charge is -2.07. The fourth-order valence-electron chi connectivity index (χ4n) is 4.80. The summed E-state index contributed by atoms with van der Waals surface area (Å²) >= 11 is 6.36. The number of rotatable bonds is 3. The summed E-state index contributed by atoms with van der Waals surface area (Å²) in [5, 5.41) is 0.500. The molecule has 0 unspecified atom stereocenters. The molecule has 0 N–H and O–H groups in total. The number of aryl methyl sites for hydroxylation is 2. The molecule has 0 spiro atoms. The maximum absolute atomic E-state index is 13.4. The number of allylic oxidation sites excluding steroid dienone is 1. The van der Waals surface area contributed by atoms with Crippen molar-refractivity contribution in [2.45, 2.75) is 13.3 Å². The van der Waals surface area contributed by atoms with Gasteiger partial charge in [0.05, 0.1) is 16.8 Å². The van der Waals surface area contributed by atoms with E-state index < -0.39 is 0 Å². The standard InChI is InChI=1S/C32H22ClN3O2/c1-3-21-16-24-25(19-27(21)33)31(38)26(30(24)37)17-23-18-28-32(36(23)22-12-8-5-9-13-22)34-29(35(28)2)15-14-20-10-6-4-7-11-20/h4-13,16-19H,3H2,1-2H3/b26-17-. The molecule has 184 valence electrons. The second kappa shape index (κ2) is 9.33. The largest absolute Gasteiger partial charge is 0.319 e. The van der Waals surface area contributed by atoms with Gasteiger partial charge in [0.15, 0.2) is 23.0 Å². The van der Waals surface area contributed by atoms with Crippen LogP contribution < -0.4 is 0 Å². The minimum atomic E-state index is -0.318. The highest BCUT2D eigenvalue weighted by atomic mass is 35.5. The first-order valence-corrected chi connectivity index (χ1v) is 12.7. The van der Waals surface area contributed by atoms with Gasteiger partial charge in [0.2, 0.25) is 0 Å². The van der Waals surface area contributed by atoms with Crippen LogP contribution in [-0.4, -0.2) is 25.7 Å². The molecule has 1 aliphatic carbocycles. The number of Topliss-reactive ketones (excluding diaryl/α,β-unsaturated/α-hetero) is 2. The summed E-state index contributed by atoms with van der Waals surface area (Å²) in [4.78, 5) is 31.5. The molecule has 3 aromatic carbocycles. The number of imidazole rings is 1. The fourth-order valence-corrected chi connectivity index (χ4v) is 5.10. The Kier molecular flexibility index (Phi) is 5.83. The number of carbonyl (C=O) groups excluding carboxylic acids is 2. The van der Waals surface area contributed by atoms with Crippen LogP contribution in [0.4, 0.5) is 0 Å². The first-order chi connectivity index (χ1) is 18.5. The SMILES string of the molecule is CCc1cc2c(cc1Cl)C(=O)/C(=C\c1cc3c(nc(C#Cc4ccccc4)n3C)n1-c1ccccc1)C2=O. The van der Waals surface area contributed by atoms with Crippen LogP contribution in [0.1, 0.15) is 50.3 Å². The predicted octanol–water partition coefficient (Wildman–Crippen LogP) is 6.44. The summed E-state index contributed by atoms with van der Waals surface area (Å²) in [6.07, 6.45) is 2.34. The molecule has 6 rings (SSSR count). The molecular weight excluding hydrogens is 494 g/mol. The Morgan fingerprint density at radius 2 is 1.55 bits per heavy atom. The third kappa shape index (κ3) is 3.87. The Balaban J connectivity index is 1.51. The van der Waals surface area contributed by atoms with E-state index in [0.717, 1.165) is 22.3 Å². The van der Waals surface area contributed by atoms with Gasteiger partial charge in [0, 0.05) is 34.4 Å². The van der Waals surface area contributed by atoms with Crippen molar-refractivity contribution in [3.8, 4) is 17.5 Å². The highest BCUT2D eigenvalue weighted by Gasteiger charge is 2.34. The number of nitrogens with zero attached hydrogens (tertiary/aromatic N) is 3. The zero-order valence-electron chi connectivity index (χ0n) is 20.8. The number of hydrogen-bond donors (Lipinski definition) is 0. The van der Waals surface area contributed by atoms with Crippen molar-refractivity contribution in [1.29, 1.82) is 0 Å². The Bertz CT molecular complexity index is 1850. The van der Waals surface area contributed by atoms with Crippen molar-refractivity contribution >= 4 is 40.4 Å². The number of hydrogen-bond acceptors (Lipinski definition) is 3. The lowest BCUT2D eigenvalue weighted by molar-refractivity contribution is 0.0990. The normalized spacial score (nSPS) is 13.7. The van der Waals surface area contributed by atoms with Crippen molar-refractivity contribution in [3.63, 3.8) is 0 Å². The van der Waals surface area contributed by atoms with Gasteiger partial charge in [-0.25, -0.2) is 4.98 Å². The molecule has 5 nitrogen and oxygen atoms in total. The Labute approximate surface area is 225 Å². The van der Waals surface area contributed by atoms with E-state index in [2.05, 4.69) is 11.8 Å². The van der Waals surface area contributed by atoms with Gasteiger partial charge in [-0.15, -0.1) is 0 Å². The summed E-state index contributed by atoms with van der Waals surface area (Å²) in [7, 11) is 1.91. The van der Waals surface area contributed by atoms with Crippen LogP contribution in [0.2, 0.25) is 5.02 Å². The molecule has 1 aliphatic rings. The topological polar surface area (TPSA) is 56.9 Å².